The number of hydrogen-bond acceptors (Lipinski definition) is 6. The molecule has 5 aromatic rings. The second-order valence-corrected chi connectivity index (χ2v) is 11.4. The van der Waals surface area contributed by atoms with Gasteiger partial charge in [-0.3, -0.25) is 9.48 Å². The lowest BCUT2D eigenvalue weighted by Gasteiger charge is -2.13. The molecule has 3 heterocycles. The van der Waals surface area contributed by atoms with E-state index in [0.717, 1.165) is 59.9 Å². The van der Waals surface area contributed by atoms with E-state index in [-0.39, 0.29) is 6.42 Å². The Bertz CT molecular complexity index is 1660. The van der Waals surface area contributed by atoms with Crippen molar-refractivity contribution in [2.45, 2.75) is 46.6 Å². The predicted octanol–water partition coefficient (Wildman–Crippen LogP) is 6.84. The van der Waals surface area contributed by atoms with Gasteiger partial charge in [0.15, 0.2) is 0 Å². The Labute approximate surface area is 237 Å². The number of rotatable bonds is 4. The first kappa shape index (κ1) is 29.8. The summed E-state index contributed by atoms with van der Waals surface area (Å²) in [5.74, 6) is -0.869. The van der Waals surface area contributed by atoms with Crippen LogP contribution in [0.4, 0.5) is 0 Å². The van der Waals surface area contributed by atoms with Crippen LogP contribution < -0.4 is 0 Å². The Morgan fingerprint density at radius 1 is 1.08 bits per heavy atom. The summed E-state index contributed by atoms with van der Waals surface area (Å²) in [6, 6.07) is 13.4. The molecule has 0 atom stereocenters. The molecule has 7 nitrogen and oxygen atoms in total. The van der Waals surface area contributed by atoms with Gasteiger partial charge in [-0.15, -0.1) is 24.2 Å². The van der Waals surface area contributed by atoms with Gasteiger partial charge in [0, 0.05) is 17.6 Å². The molecule has 0 saturated heterocycles. The van der Waals surface area contributed by atoms with Crippen LogP contribution in [0.3, 0.4) is 0 Å². The quantitative estimate of drug-likeness (QED) is 0.233. The third kappa shape index (κ3) is 7.01. The number of aromatic nitrogens is 4. The number of thiazole rings is 1. The molecule has 39 heavy (non-hydrogen) atoms. The molecule has 0 aliphatic rings. The van der Waals surface area contributed by atoms with Crippen LogP contribution in [0.1, 0.15) is 37.6 Å². The van der Waals surface area contributed by atoms with Gasteiger partial charge in [0.1, 0.15) is 10.5 Å². The first-order chi connectivity index (χ1) is 18.3. The molecule has 0 spiro atoms. The molecule has 0 aliphatic carbocycles. The fourth-order valence-electron chi connectivity index (χ4n) is 4.07. The zero-order valence-electron chi connectivity index (χ0n) is 22.8. The van der Waals surface area contributed by atoms with Gasteiger partial charge in [0.05, 0.1) is 39.1 Å². The van der Waals surface area contributed by atoms with Crippen LogP contribution in [0.25, 0.3) is 43.1 Å². The maximum Gasteiger partial charge on any atom is 0.307 e. The summed E-state index contributed by atoms with van der Waals surface area (Å²) in [5, 5.41) is 23.9. The fraction of sp³-hybridized carbons (Fsp3) is 0.267. The Balaban J connectivity index is 0.000000542. The van der Waals surface area contributed by atoms with Gasteiger partial charge in [0.2, 0.25) is 0 Å². The maximum absolute atomic E-state index is 11.6. The summed E-state index contributed by atoms with van der Waals surface area (Å²) in [7, 11) is 1.90. The topological polar surface area (TPSA) is 101 Å². The molecule has 3 aromatic heterocycles. The van der Waals surface area contributed by atoms with Crippen LogP contribution in [-0.2, 0) is 18.3 Å². The van der Waals surface area contributed by atoms with Gasteiger partial charge >= 0.3 is 5.97 Å². The molecule has 202 valence electrons. The van der Waals surface area contributed by atoms with Gasteiger partial charge in [-0.1, -0.05) is 23.7 Å². The van der Waals surface area contributed by atoms with Crippen molar-refractivity contribution in [2.24, 2.45) is 7.05 Å². The minimum atomic E-state index is -0.869. The van der Waals surface area contributed by atoms with Crippen molar-refractivity contribution in [1.29, 1.82) is 0 Å². The minimum Gasteiger partial charge on any atom is -0.481 e. The molecule has 0 radical (unpaired) electrons. The number of aliphatic carboxylic acids is 1. The van der Waals surface area contributed by atoms with Crippen LogP contribution in [0.15, 0.2) is 42.5 Å². The Hall–Kier alpha value is -3.77. The van der Waals surface area contributed by atoms with Gasteiger partial charge in [-0.25, -0.2) is 9.97 Å². The number of halogens is 1. The van der Waals surface area contributed by atoms with E-state index in [2.05, 4.69) is 17.9 Å². The number of aliphatic hydroxyl groups is 1. The number of pyridine rings is 1. The molecule has 9 heteroatoms. The largest absolute Gasteiger partial charge is 0.481 e. The molecule has 0 fully saturated rings. The summed E-state index contributed by atoms with van der Waals surface area (Å²) in [4.78, 5) is 21.3. The second-order valence-electron chi connectivity index (χ2n) is 9.94. The standard InChI is InChI=1S/C24H19ClN4O2S.C4H10O.C2H2/c1-12-10-18-23(21(16(12)11-20(30)31)14-4-6-15(25)7-5-14)32-24(27-18)17-8-9-19-22(26-17)13(2)28-29(19)3;1-4(2,3)5;1-2/h4-10H,11H2,1-3H3,(H,30,31);5H,1-3H3;1-2H. The van der Waals surface area contributed by atoms with E-state index in [4.69, 9.17) is 26.7 Å². The normalized spacial score (nSPS) is 11.0. The monoisotopic (exact) mass is 562 g/mol. The average molecular weight is 563 g/mol. The molecule has 2 aromatic carbocycles. The highest BCUT2D eigenvalue weighted by Gasteiger charge is 2.20. The number of carbonyl (C=O) groups is 1. The van der Waals surface area contributed by atoms with E-state index in [9.17, 15) is 9.90 Å². The number of aryl methyl sites for hydroxylation is 3. The summed E-state index contributed by atoms with van der Waals surface area (Å²) in [6.07, 6.45) is 7.94. The summed E-state index contributed by atoms with van der Waals surface area (Å²) >= 11 is 7.62. The minimum absolute atomic E-state index is 0.0634. The predicted molar refractivity (Wildman–Crippen MR) is 160 cm³/mol. The molecule has 5 rings (SSSR count). The molecule has 0 unspecified atom stereocenters. The molecular formula is C30H31ClN4O3S. The average Bonchev–Trinajstić information content (AvgIpc) is 3.40. The van der Waals surface area contributed by atoms with Crippen molar-refractivity contribution in [3.8, 4) is 34.7 Å². The Morgan fingerprint density at radius 3 is 2.28 bits per heavy atom. The highest BCUT2D eigenvalue weighted by Crippen LogP contribution is 2.41. The molecule has 2 N–H and O–H groups in total. The molecule has 0 amide bonds. The lowest BCUT2D eigenvalue weighted by molar-refractivity contribution is -0.136. The molecular weight excluding hydrogens is 532 g/mol. The molecule has 0 aliphatic heterocycles. The number of benzene rings is 2. The van der Waals surface area contributed by atoms with Crippen LogP contribution in [0.5, 0.6) is 0 Å². The van der Waals surface area contributed by atoms with E-state index >= 15 is 0 Å². The summed E-state index contributed by atoms with van der Waals surface area (Å²) in [6.45, 7) is 9.10. The van der Waals surface area contributed by atoms with Crippen molar-refractivity contribution in [3.05, 3.63) is 64.3 Å². The van der Waals surface area contributed by atoms with E-state index < -0.39 is 11.6 Å². The Kier molecular flexibility index (Phi) is 9.13. The van der Waals surface area contributed by atoms with E-state index in [0.29, 0.717) is 5.02 Å². The van der Waals surface area contributed by atoms with Gasteiger partial charge in [0.25, 0.3) is 0 Å². The number of nitrogens with zero attached hydrogens (tertiary/aromatic N) is 4. The zero-order valence-corrected chi connectivity index (χ0v) is 24.4. The van der Waals surface area contributed by atoms with Crippen molar-refractivity contribution < 1.29 is 15.0 Å². The molecule has 0 bridgehead atoms. The third-order valence-electron chi connectivity index (χ3n) is 5.56. The van der Waals surface area contributed by atoms with E-state index in [1.54, 1.807) is 20.8 Å². The van der Waals surface area contributed by atoms with Crippen molar-refractivity contribution in [2.75, 3.05) is 0 Å². The van der Waals surface area contributed by atoms with Gasteiger partial charge in [-0.05, 0) is 81.6 Å². The highest BCUT2D eigenvalue weighted by atomic mass is 35.5. The van der Waals surface area contributed by atoms with Crippen LogP contribution in [0, 0.1) is 26.7 Å². The van der Waals surface area contributed by atoms with Gasteiger partial charge in [-0.2, -0.15) is 5.10 Å². The first-order valence-corrected chi connectivity index (χ1v) is 13.3. The summed E-state index contributed by atoms with van der Waals surface area (Å²) in [5.41, 5.74) is 7.27. The van der Waals surface area contributed by atoms with Crippen LogP contribution in [0.2, 0.25) is 5.02 Å². The van der Waals surface area contributed by atoms with Crippen LogP contribution in [-0.4, -0.2) is 41.5 Å². The molecule has 0 saturated carbocycles. The second kappa shape index (κ2) is 12.0. The summed E-state index contributed by atoms with van der Waals surface area (Å²) < 4.78 is 2.76. The SMILES string of the molecule is C#C.CC(C)(C)O.Cc1cc2nc(-c3ccc4c(n3)c(C)nn4C)sc2c(-c2ccc(Cl)cc2)c1CC(=O)O. The van der Waals surface area contributed by atoms with E-state index in [1.165, 1.54) is 11.3 Å². The van der Waals surface area contributed by atoms with Crippen molar-refractivity contribution in [3.63, 3.8) is 0 Å². The number of hydrogen-bond donors (Lipinski definition) is 2. The maximum atomic E-state index is 11.6. The number of carboxylic acids is 1. The smallest absolute Gasteiger partial charge is 0.307 e. The fourth-order valence-corrected chi connectivity index (χ4v) is 5.30. The number of carboxylic acid groups (broad SMARTS) is 1. The van der Waals surface area contributed by atoms with Crippen molar-refractivity contribution >= 4 is 50.2 Å². The van der Waals surface area contributed by atoms with Gasteiger partial charge < -0.3 is 10.2 Å². The number of terminal acetylenes is 1. The third-order valence-corrected chi connectivity index (χ3v) is 6.92. The zero-order chi connectivity index (χ0) is 29.1. The first-order valence-electron chi connectivity index (χ1n) is 12.1. The highest BCUT2D eigenvalue weighted by molar-refractivity contribution is 7.22. The van der Waals surface area contributed by atoms with Crippen LogP contribution >= 0.6 is 22.9 Å². The lowest BCUT2D eigenvalue weighted by atomic mass is 9.93. The lowest BCUT2D eigenvalue weighted by Crippen LogP contribution is -2.10. The van der Waals surface area contributed by atoms with Crippen molar-refractivity contribution in [1.82, 2.24) is 19.7 Å². The Morgan fingerprint density at radius 2 is 1.69 bits per heavy atom. The van der Waals surface area contributed by atoms with E-state index in [1.807, 2.05) is 68.0 Å². The number of fused-ring (bicyclic) bond motifs is 2.